The molecular formula is C22H25ClF3NO7. The third-order valence-electron chi connectivity index (χ3n) is 5.79. The Labute approximate surface area is 199 Å². The molecule has 0 spiro atoms. The second-order valence-corrected chi connectivity index (χ2v) is 9.81. The molecule has 5 atom stereocenters. The minimum Gasteiger partial charge on any atom is -0.475 e. The number of carbonyl (C=O) groups excluding carboxylic acids is 1. The third-order valence-corrected chi connectivity index (χ3v) is 6.10. The number of rotatable bonds is 4. The van der Waals surface area contributed by atoms with Crippen molar-refractivity contribution in [1.29, 1.82) is 0 Å². The molecule has 1 aromatic rings. The van der Waals surface area contributed by atoms with E-state index in [2.05, 4.69) is 0 Å². The van der Waals surface area contributed by atoms with Crippen molar-refractivity contribution in [2.24, 2.45) is 0 Å². The van der Waals surface area contributed by atoms with Crippen LogP contribution >= 0.6 is 11.6 Å². The van der Waals surface area contributed by atoms with Crippen molar-refractivity contribution in [3.05, 3.63) is 33.9 Å². The SMILES string of the molecule is CN(O)O[C@@H]1CO[C@H]2[C@@H]1OC[C@@H]2OC(=O)C1=Cc2cc(Cl)c(C(C)(C)C)cc2O[C@@H]1C(F)(F)F. The quantitative estimate of drug-likeness (QED) is 0.488. The van der Waals surface area contributed by atoms with Crippen LogP contribution < -0.4 is 4.74 Å². The van der Waals surface area contributed by atoms with Crippen LogP contribution in [0.2, 0.25) is 5.02 Å². The third kappa shape index (κ3) is 4.91. The molecule has 4 rings (SSSR count). The molecule has 0 amide bonds. The first-order chi connectivity index (χ1) is 15.8. The van der Waals surface area contributed by atoms with Crippen LogP contribution in [-0.2, 0) is 29.3 Å². The number of hydrogen-bond acceptors (Lipinski definition) is 8. The standard InChI is InChI=1S/C22H25ClF3NO7/c1-21(2,3)12-7-14-10(6-13(12)23)5-11(19(32-14)22(24,25)26)20(28)33-15-8-30-18-16(34-27(4)29)9-31-17(15)18/h5-7,15-19,29H,8-9H2,1-4H3/t15-,16+,17+,18+,19-/m0/s1. The Morgan fingerprint density at radius 1 is 1.15 bits per heavy atom. The lowest BCUT2D eigenvalue weighted by Crippen LogP contribution is -2.43. The van der Waals surface area contributed by atoms with E-state index in [1.807, 2.05) is 20.8 Å². The molecule has 3 heterocycles. The van der Waals surface area contributed by atoms with Gasteiger partial charge in [0.25, 0.3) is 0 Å². The molecule has 1 aromatic carbocycles. The van der Waals surface area contributed by atoms with Crippen LogP contribution in [0.15, 0.2) is 17.7 Å². The molecule has 0 radical (unpaired) electrons. The molecule has 8 nitrogen and oxygen atoms in total. The van der Waals surface area contributed by atoms with Gasteiger partial charge in [-0.15, -0.1) is 0 Å². The number of carbonyl (C=O) groups is 1. The molecule has 3 aliphatic rings. The Balaban J connectivity index is 1.58. The summed E-state index contributed by atoms with van der Waals surface area (Å²) < 4.78 is 63.3. The molecule has 34 heavy (non-hydrogen) atoms. The fourth-order valence-corrected chi connectivity index (χ4v) is 4.68. The molecular weight excluding hydrogens is 483 g/mol. The van der Waals surface area contributed by atoms with E-state index in [9.17, 15) is 23.2 Å². The van der Waals surface area contributed by atoms with Gasteiger partial charge in [0.2, 0.25) is 6.10 Å². The van der Waals surface area contributed by atoms with Crippen LogP contribution in [0.3, 0.4) is 0 Å². The lowest BCUT2D eigenvalue weighted by Gasteiger charge is -2.30. The van der Waals surface area contributed by atoms with Crippen molar-refractivity contribution in [1.82, 2.24) is 5.23 Å². The second-order valence-electron chi connectivity index (χ2n) is 9.41. The van der Waals surface area contributed by atoms with E-state index in [1.54, 1.807) is 0 Å². The van der Waals surface area contributed by atoms with Gasteiger partial charge >= 0.3 is 12.1 Å². The Bertz CT molecular complexity index is 992. The Hall–Kier alpha value is -1.89. The summed E-state index contributed by atoms with van der Waals surface area (Å²) in [6.07, 6.45) is -9.31. The maximum Gasteiger partial charge on any atom is 0.430 e. The zero-order chi connectivity index (χ0) is 25.0. The van der Waals surface area contributed by atoms with E-state index in [0.717, 1.165) is 6.08 Å². The molecule has 3 aliphatic heterocycles. The van der Waals surface area contributed by atoms with Crippen molar-refractivity contribution >= 4 is 23.6 Å². The van der Waals surface area contributed by atoms with Gasteiger partial charge in [0.1, 0.15) is 24.1 Å². The maximum atomic E-state index is 13.9. The van der Waals surface area contributed by atoms with Gasteiger partial charge in [0.15, 0.2) is 6.10 Å². The van der Waals surface area contributed by atoms with Crippen molar-refractivity contribution < 1.29 is 47.0 Å². The lowest BCUT2D eigenvalue weighted by atomic mass is 9.85. The van der Waals surface area contributed by atoms with Gasteiger partial charge in [-0.05, 0) is 29.2 Å². The minimum atomic E-state index is -4.87. The number of alkyl halides is 3. The predicted octanol–water partition coefficient (Wildman–Crippen LogP) is 3.67. The highest BCUT2D eigenvalue weighted by molar-refractivity contribution is 6.31. The minimum absolute atomic E-state index is 0.0234. The van der Waals surface area contributed by atoms with E-state index in [-0.39, 0.29) is 24.5 Å². The highest BCUT2D eigenvalue weighted by Gasteiger charge is 2.53. The number of hydroxylamine groups is 2. The number of benzene rings is 1. The molecule has 12 heteroatoms. The Morgan fingerprint density at radius 2 is 1.76 bits per heavy atom. The zero-order valence-electron chi connectivity index (χ0n) is 18.9. The van der Waals surface area contributed by atoms with E-state index >= 15 is 0 Å². The topological polar surface area (TPSA) is 86.7 Å². The average molecular weight is 508 g/mol. The zero-order valence-corrected chi connectivity index (χ0v) is 19.6. The molecule has 2 saturated heterocycles. The van der Waals surface area contributed by atoms with Crippen LogP contribution in [0.4, 0.5) is 13.2 Å². The normalized spacial score (nSPS) is 28.9. The first-order valence-corrected chi connectivity index (χ1v) is 11.0. The van der Waals surface area contributed by atoms with Crippen molar-refractivity contribution in [2.75, 3.05) is 20.3 Å². The monoisotopic (exact) mass is 507 g/mol. The largest absolute Gasteiger partial charge is 0.475 e. The van der Waals surface area contributed by atoms with E-state index in [0.29, 0.717) is 15.8 Å². The first-order valence-electron chi connectivity index (χ1n) is 10.6. The van der Waals surface area contributed by atoms with Crippen molar-refractivity contribution in [3.8, 4) is 5.75 Å². The molecule has 188 valence electrons. The molecule has 0 aliphatic carbocycles. The predicted molar refractivity (Wildman–Crippen MR) is 112 cm³/mol. The number of hydrogen-bond donors (Lipinski definition) is 1. The Morgan fingerprint density at radius 3 is 2.35 bits per heavy atom. The first kappa shape index (κ1) is 25.2. The van der Waals surface area contributed by atoms with Crippen LogP contribution in [0.1, 0.15) is 31.9 Å². The smallest absolute Gasteiger partial charge is 0.430 e. The molecule has 0 unspecified atom stereocenters. The van der Waals surface area contributed by atoms with Gasteiger partial charge in [0, 0.05) is 17.6 Å². The number of ether oxygens (including phenoxy) is 4. The van der Waals surface area contributed by atoms with E-state index in [4.69, 9.17) is 35.4 Å². The van der Waals surface area contributed by atoms with Crippen LogP contribution in [-0.4, -0.2) is 73.4 Å². The van der Waals surface area contributed by atoms with Gasteiger partial charge < -0.3 is 18.9 Å². The van der Waals surface area contributed by atoms with Gasteiger partial charge in [-0.3, -0.25) is 10.0 Å². The van der Waals surface area contributed by atoms with Gasteiger partial charge in [-0.25, -0.2) is 4.79 Å². The number of halogens is 4. The van der Waals surface area contributed by atoms with E-state index in [1.165, 1.54) is 19.2 Å². The van der Waals surface area contributed by atoms with Gasteiger partial charge in [-0.2, -0.15) is 13.2 Å². The summed E-state index contributed by atoms with van der Waals surface area (Å²) >= 11 is 6.36. The summed E-state index contributed by atoms with van der Waals surface area (Å²) in [5.74, 6) is -1.23. The van der Waals surface area contributed by atoms with Crippen LogP contribution in [0, 0.1) is 0 Å². The highest BCUT2D eigenvalue weighted by atomic mass is 35.5. The van der Waals surface area contributed by atoms with Crippen LogP contribution in [0.25, 0.3) is 6.08 Å². The lowest BCUT2D eigenvalue weighted by molar-refractivity contribution is -0.351. The van der Waals surface area contributed by atoms with Crippen LogP contribution in [0.5, 0.6) is 5.75 Å². The fourth-order valence-electron chi connectivity index (χ4n) is 4.22. The second kappa shape index (κ2) is 8.96. The summed E-state index contributed by atoms with van der Waals surface area (Å²) in [5, 5.41) is 10.1. The Kier molecular flexibility index (Phi) is 6.64. The molecule has 0 saturated carbocycles. The van der Waals surface area contributed by atoms with Gasteiger partial charge in [0.05, 0.1) is 18.8 Å². The summed E-state index contributed by atoms with van der Waals surface area (Å²) in [6, 6.07) is 2.94. The van der Waals surface area contributed by atoms with Gasteiger partial charge in [-0.1, -0.05) is 37.6 Å². The van der Waals surface area contributed by atoms with E-state index < -0.39 is 53.7 Å². The highest BCUT2D eigenvalue weighted by Crippen LogP contribution is 2.42. The average Bonchev–Trinajstić information content (AvgIpc) is 3.28. The summed E-state index contributed by atoms with van der Waals surface area (Å²) in [7, 11) is 1.27. The number of nitrogens with zero attached hydrogens (tertiary/aromatic N) is 1. The summed E-state index contributed by atoms with van der Waals surface area (Å²) in [4.78, 5) is 18.0. The maximum absolute atomic E-state index is 13.9. The van der Waals surface area contributed by atoms with Crippen molar-refractivity contribution in [3.63, 3.8) is 0 Å². The number of esters is 1. The molecule has 0 aromatic heterocycles. The molecule has 2 fully saturated rings. The molecule has 1 N–H and O–H groups in total. The fraction of sp³-hybridized carbons (Fsp3) is 0.591. The summed E-state index contributed by atoms with van der Waals surface area (Å²) in [6.45, 7) is 5.57. The number of fused-ring (bicyclic) bond motifs is 2. The van der Waals surface area contributed by atoms with Crippen molar-refractivity contribution in [2.45, 2.75) is 62.9 Å². The summed E-state index contributed by atoms with van der Waals surface area (Å²) in [5.41, 5.74) is -0.281. The molecule has 0 bridgehead atoms.